The molecule has 80 valence electrons. The zero-order chi connectivity index (χ0) is 9.26. The Morgan fingerprint density at radius 3 is 2.50 bits per heavy atom. The van der Waals surface area contributed by atoms with Gasteiger partial charge in [-0.25, -0.2) is 0 Å². The number of rotatable bonds is 2. The van der Waals surface area contributed by atoms with E-state index in [2.05, 4.69) is 6.07 Å². The number of thiophene rings is 1. The highest BCUT2D eigenvalue weighted by molar-refractivity contribution is 7.16. The molecule has 14 heavy (non-hydrogen) atoms. The van der Waals surface area contributed by atoms with Crippen LogP contribution in [0.2, 0.25) is 4.34 Å². The van der Waals surface area contributed by atoms with Crippen LogP contribution in [0.25, 0.3) is 0 Å². The van der Waals surface area contributed by atoms with Gasteiger partial charge in [-0.3, -0.25) is 0 Å². The molecule has 1 aromatic rings. The lowest BCUT2D eigenvalue weighted by Crippen LogP contribution is -2.17. The second-order valence-electron chi connectivity index (χ2n) is 3.71. The van der Waals surface area contributed by atoms with Crippen molar-refractivity contribution in [2.75, 3.05) is 0 Å². The molecular weight excluding hydrogens is 237 g/mol. The third-order valence-corrected chi connectivity index (χ3v) is 4.16. The number of halogens is 2. The Bertz CT molecular complexity index is 281. The molecule has 1 saturated carbocycles. The summed E-state index contributed by atoms with van der Waals surface area (Å²) >= 11 is 7.50. The summed E-state index contributed by atoms with van der Waals surface area (Å²) in [5, 5.41) is 0. The van der Waals surface area contributed by atoms with E-state index in [0.717, 1.165) is 4.34 Å². The van der Waals surface area contributed by atoms with Crippen molar-refractivity contribution >= 4 is 35.3 Å². The van der Waals surface area contributed by atoms with Gasteiger partial charge in [-0.2, -0.15) is 0 Å². The molecule has 1 nitrogen and oxygen atoms in total. The van der Waals surface area contributed by atoms with Gasteiger partial charge in [-0.15, -0.1) is 23.7 Å². The molecule has 0 spiro atoms. The van der Waals surface area contributed by atoms with Crippen molar-refractivity contribution in [3.05, 3.63) is 21.3 Å². The SMILES string of the molecule is Cl.N[C@@H](c1ccc(Cl)s1)C1CCCC1. The van der Waals surface area contributed by atoms with Gasteiger partial charge < -0.3 is 5.73 Å². The molecule has 2 rings (SSSR count). The lowest BCUT2D eigenvalue weighted by Gasteiger charge is -2.16. The molecule has 0 saturated heterocycles. The van der Waals surface area contributed by atoms with Gasteiger partial charge in [-0.05, 0) is 30.9 Å². The average molecular weight is 252 g/mol. The minimum Gasteiger partial charge on any atom is -0.323 e. The van der Waals surface area contributed by atoms with E-state index in [1.165, 1.54) is 30.6 Å². The van der Waals surface area contributed by atoms with Gasteiger partial charge in [0.05, 0.1) is 4.34 Å². The highest BCUT2D eigenvalue weighted by Crippen LogP contribution is 2.37. The Morgan fingerprint density at radius 2 is 2.00 bits per heavy atom. The minimum absolute atomic E-state index is 0. The third-order valence-electron chi connectivity index (χ3n) is 2.83. The molecule has 4 heteroatoms. The predicted molar refractivity (Wildman–Crippen MR) is 65.5 cm³/mol. The molecule has 1 aliphatic carbocycles. The number of nitrogens with two attached hydrogens (primary N) is 1. The van der Waals surface area contributed by atoms with E-state index in [9.17, 15) is 0 Å². The van der Waals surface area contributed by atoms with Crippen molar-refractivity contribution in [3.8, 4) is 0 Å². The van der Waals surface area contributed by atoms with E-state index < -0.39 is 0 Å². The summed E-state index contributed by atoms with van der Waals surface area (Å²) in [5.41, 5.74) is 6.17. The molecule has 0 aromatic carbocycles. The molecule has 1 fully saturated rings. The second kappa shape index (κ2) is 5.36. The first-order chi connectivity index (χ1) is 6.27. The zero-order valence-electron chi connectivity index (χ0n) is 7.91. The molecule has 1 heterocycles. The molecule has 1 aliphatic rings. The van der Waals surface area contributed by atoms with Crippen LogP contribution in [-0.4, -0.2) is 0 Å². The van der Waals surface area contributed by atoms with Crippen LogP contribution in [0.3, 0.4) is 0 Å². The summed E-state index contributed by atoms with van der Waals surface area (Å²) in [7, 11) is 0. The van der Waals surface area contributed by atoms with Crippen molar-refractivity contribution in [1.29, 1.82) is 0 Å². The van der Waals surface area contributed by atoms with Crippen LogP contribution in [0, 0.1) is 5.92 Å². The molecule has 0 bridgehead atoms. The lowest BCUT2D eigenvalue weighted by molar-refractivity contribution is 0.450. The van der Waals surface area contributed by atoms with E-state index in [4.69, 9.17) is 17.3 Å². The van der Waals surface area contributed by atoms with Gasteiger partial charge in [0.15, 0.2) is 0 Å². The topological polar surface area (TPSA) is 26.0 Å². The van der Waals surface area contributed by atoms with Crippen molar-refractivity contribution in [1.82, 2.24) is 0 Å². The van der Waals surface area contributed by atoms with Crippen LogP contribution >= 0.6 is 35.3 Å². The van der Waals surface area contributed by atoms with Crippen LogP contribution in [0.15, 0.2) is 12.1 Å². The van der Waals surface area contributed by atoms with E-state index in [0.29, 0.717) is 5.92 Å². The fourth-order valence-corrected chi connectivity index (χ4v) is 3.21. The van der Waals surface area contributed by atoms with Gasteiger partial charge in [-0.1, -0.05) is 24.4 Å². The average Bonchev–Trinajstić information content (AvgIpc) is 2.72. The standard InChI is InChI=1S/C10H14ClNS.ClH/c11-9-6-5-8(13-9)10(12)7-3-1-2-4-7;/h5-7,10H,1-4,12H2;1H/t10-;/m1./s1. The van der Waals surface area contributed by atoms with Crippen LogP contribution in [-0.2, 0) is 0 Å². The number of hydrogen-bond donors (Lipinski definition) is 1. The first-order valence-electron chi connectivity index (χ1n) is 4.78. The highest BCUT2D eigenvalue weighted by atomic mass is 35.5. The van der Waals surface area contributed by atoms with Crippen molar-refractivity contribution in [2.45, 2.75) is 31.7 Å². The molecular formula is C10H15Cl2NS. The fourth-order valence-electron chi connectivity index (χ4n) is 2.06. The molecule has 0 amide bonds. The quantitative estimate of drug-likeness (QED) is 0.845. The fraction of sp³-hybridized carbons (Fsp3) is 0.600. The predicted octanol–water partition coefficient (Wildman–Crippen LogP) is 4.01. The van der Waals surface area contributed by atoms with Crippen molar-refractivity contribution in [2.24, 2.45) is 11.7 Å². The third kappa shape index (κ3) is 2.63. The summed E-state index contributed by atoms with van der Waals surface area (Å²) in [6.45, 7) is 0. The number of hydrogen-bond acceptors (Lipinski definition) is 2. The van der Waals surface area contributed by atoms with Crippen LogP contribution < -0.4 is 5.73 Å². The Labute approximate surface area is 100 Å². The van der Waals surface area contributed by atoms with E-state index in [1.807, 2.05) is 6.07 Å². The zero-order valence-corrected chi connectivity index (χ0v) is 10.3. The minimum atomic E-state index is 0. The maximum absolute atomic E-state index is 6.17. The maximum atomic E-state index is 6.17. The Morgan fingerprint density at radius 1 is 1.36 bits per heavy atom. The van der Waals surface area contributed by atoms with E-state index in [-0.39, 0.29) is 18.4 Å². The second-order valence-corrected chi connectivity index (χ2v) is 5.46. The van der Waals surface area contributed by atoms with E-state index in [1.54, 1.807) is 11.3 Å². The summed E-state index contributed by atoms with van der Waals surface area (Å²) in [5.74, 6) is 0.690. The van der Waals surface area contributed by atoms with Gasteiger partial charge in [0.2, 0.25) is 0 Å². The van der Waals surface area contributed by atoms with E-state index >= 15 is 0 Å². The molecule has 0 radical (unpaired) electrons. The monoisotopic (exact) mass is 251 g/mol. The van der Waals surface area contributed by atoms with Crippen LogP contribution in [0.4, 0.5) is 0 Å². The molecule has 2 N–H and O–H groups in total. The summed E-state index contributed by atoms with van der Waals surface area (Å²) in [6.07, 6.45) is 5.27. The maximum Gasteiger partial charge on any atom is 0.0931 e. The molecule has 0 unspecified atom stereocenters. The molecule has 1 atom stereocenters. The van der Waals surface area contributed by atoms with Gasteiger partial charge in [0, 0.05) is 10.9 Å². The van der Waals surface area contributed by atoms with Crippen LogP contribution in [0.5, 0.6) is 0 Å². The lowest BCUT2D eigenvalue weighted by atomic mass is 9.98. The smallest absolute Gasteiger partial charge is 0.0931 e. The van der Waals surface area contributed by atoms with Gasteiger partial charge in [0.1, 0.15) is 0 Å². The summed E-state index contributed by atoms with van der Waals surface area (Å²) in [6, 6.07) is 4.23. The Hall–Kier alpha value is 0.240. The normalized spacial score (nSPS) is 19.3. The summed E-state index contributed by atoms with van der Waals surface area (Å²) in [4.78, 5) is 1.25. The van der Waals surface area contributed by atoms with Gasteiger partial charge >= 0.3 is 0 Å². The first-order valence-corrected chi connectivity index (χ1v) is 5.97. The highest BCUT2D eigenvalue weighted by Gasteiger charge is 2.23. The van der Waals surface area contributed by atoms with Crippen molar-refractivity contribution in [3.63, 3.8) is 0 Å². The largest absolute Gasteiger partial charge is 0.323 e. The van der Waals surface area contributed by atoms with Crippen molar-refractivity contribution < 1.29 is 0 Å². The molecule has 0 aliphatic heterocycles. The Balaban J connectivity index is 0.000000980. The summed E-state index contributed by atoms with van der Waals surface area (Å²) < 4.78 is 0.850. The van der Waals surface area contributed by atoms with Gasteiger partial charge in [0.25, 0.3) is 0 Å². The molecule has 1 aromatic heterocycles. The Kier molecular flexibility index (Phi) is 4.71. The first kappa shape index (κ1) is 12.3. The van der Waals surface area contributed by atoms with Crippen LogP contribution in [0.1, 0.15) is 36.6 Å².